The van der Waals surface area contributed by atoms with Crippen molar-refractivity contribution in [3.63, 3.8) is 0 Å². The summed E-state index contributed by atoms with van der Waals surface area (Å²) in [5.74, 6) is -1.64. The predicted octanol–water partition coefficient (Wildman–Crippen LogP) is -0.655. The molecule has 32 heavy (non-hydrogen) atoms. The van der Waals surface area contributed by atoms with Crippen LogP contribution in [-0.4, -0.2) is 86.9 Å². The molecule has 4 unspecified atom stereocenters. The van der Waals surface area contributed by atoms with Gasteiger partial charge in [-0.1, -0.05) is 0 Å². The first kappa shape index (κ1) is 27.8. The lowest BCUT2D eigenvalue weighted by molar-refractivity contribution is -0.142. The lowest BCUT2D eigenvalue weighted by Crippen LogP contribution is -2.56. The first-order valence-electron chi connectivity index (χ1n) is 10.0. The van der Waals surface area contributed by atoms with Gasteiger partial charge in [0.25, 0.3) is 0 Å². The van der Waals surface area contributed by atoms with E-state index in [0.29, 0.717) is 23.6 Å². The average molecular weight is 489 g/mol. The Kier molecular flexibility index (Phi) is 12.8. The van der Waals surface area contributed by atoms with Crippen molar-refractivity contribution < 1.29 is 24.3 Å². The number of aromatic nitrogens is 2. The number of nitrogens with one attached hydrogen (secondary N) is 4. The number of hydrogen-bond donors (Lipinski definition) is 6. The summed E-state index contributed by atoms with van der Waals surface area (Å²) in [6.45, 7) is 1.48. The second-order valence-corrected chi connectivity index (χ2v) is 9.11. The fourth-order valence-electron chi connectivity index (χ4n) is 2.68. The molecule has 0 bridgehead atoms. The van der Waals surface area contributed by atoms with Crippen molar-refractivity contribution in [2.75, 3.05) is 24.0 Å². The number of imidazole rings is 1. The average Bonchev–Trinajstić information content (AvgIpc) is 3.26. The molecular weight excluding hydrogens is 456 g/mol. The molecule has 1 aromatic heterocycles. The number of carboxylic acid groups (broad SMARTS) is 1. The maximum absolute atomic E-state index is 12.7. The van der Waals surface area contributed by atoms with Crippen LogP contribution in [0.5, 0.6) is 0 Å². The van der Waals surface area contributed by atoms with Crippen LogP contribution in [0.1, 0.15) is 25.5 Å². The molecule has 0 radical (unpaired) electrons. The second-order valence-electron chi connectivity index (χ2n) is 7.14. The van der Waals surface area contributed by atoms with E-state index in [9.17, 15) is 24.3 Å². The van der Waals surface area contributed by atoms with E-state index in [1.54, 1.807) is 6.20 Å². The number of aromatic amines is 1. The summed E-state index contributed by atoms with van der Waals surface area (Å²) in [6.07, 6.45) is 7.55. The van der Waals surface area contributed by atoms with Crippen LogP contribution in [0.15, 0.2) is 12.5 Å². The molecule has 4 atom stereocenters. The Hall–Kier alpha value is -2.25. The van der Waals surface area contributed by atoms with E-state index in [-0.39, 0.29) is 12.8 Å². The fourth-order valence-corrected chi connectivity index (χ4v) is 3.62. The van der Waals surface area contributed by atoms with E-state index in [1.165, 1.54) is 36.8 Å². The Morgan fingerprint density at radius 3 is 2.16 bits per heavy atom. The van der Waals surface area contributed by atoms with Crippen molar-refractivity contribution in [3.8, 4) is 0 Å². The molecular formula is C19H32N6O5S2. The number of H-pyrrole nitrogens is 1. The first-order chi connectivity index (χ1) is 15.2. The highest BCUT2D eigenvalue weighted by atomic mass is 32.2. The third-order valence-corrected chi connectivity index (χ3v) is 5.84. The van der Waals surface area contributed by atoms with Gasteiger partial charge in [-0.3, -0.25) is 14.4 Å². The van der Waals surface area contributed by atoms with Crippen LogP contribution in [0.4, 0.5) is 0 Å². The molecule has 11 nitrogen and oxygen atoms in total. The van der Waals surface area contributed by atoms with Crippen LogP contribution in [-0.2, 0) is 25.6 Å². The summed E-state index contributed by atoms with van der Waals surface area (Å²) in [5, 5.41) is 17.0. The number of rotatable bonds is 15. The normalized spacial score (nSPS) is 14.6. The third-order valence-electron chi connectivity index (χ3n) is 4.55. The minimum Gasteiger partial charge on any atom is -0.480 e. The maximum atomic E-state index is 12.7. The van der Waals surface area contributed by atoms with E-state index in [4.69, 9.17) is 5.73 Å². The van der Waals surface area contributed by atoms with Gasteiger partial charge < -0.3 is 31.8 Å². The number of aliphatic carboxylic acids is 1. The molecule has 7 N–H and O–H groups in total. The minimum absolute atomic E-state index is 0.228. The van der Waals surface area contributed by atoms with Crippen molar-refractivity contribution in [2.24, 2.45) is 5.73 Å². The zero-order valence-corrected chi connectivity index (χ0v) is 20.1. The van der Waals surface area contributed by atoms with Gasteiger partial charge in [0.15, 0.2) is 0 Å². The minimum atomic E-state index is -1.13. The summed E-state index contributed by atoms with van der Waals surface area (Å²) in [7, 11) is 0. The highest BCUT2D eigenvalue weighted by Gasteiger charge is 2.28. The van der Waals surface area contributed by atoms with Gasteiger partial charge in [-0.05, 0) is 43.8 Å². The Morgan fingerprint density at radius 1 is 1.03 bits per heavy atom. The summed E-state index contributed by atoms with van der Waals surface area (Å²) in [5.41, 5.74) is 6.57. The number of nitrogens with zero attached hydrogens (tertiary/aromatic N) is 1. The summed E-state index contributed by atoms with van der Waals surface area (Å²) >= 11 is 2.97. The Labute approximate surface area is 195 Å². The van der Waals surface area contributed by atoms with Gasteiger partial charge in [0.2, 0.25) is 17.7 Å². The lowest BCUT2D eigenvalue weighted by atomic mass is 10.1. The number of carbonyl (C=O) groups excluding carboxylic acids is 3. The first-order valence-corrected chi connectivity index (χ1v) is 12.8. The Balaban J connectivity index is 2.69. The quantitative estimate of drug-likeness (QED) is 0.187. The van der Waals surface area contributed by atoms with Crippen LogP contribution in [0.2, 0.25) is 0 Å². The molecule has 0 saturated heterocycles. The van der Waals surface area contributed by atoms with Gasteiger partial charge in [-0.2, -0.15) is 23.5 Å². The smallest absolute Gasteiger partial charge is 0.326 e. The standard InChI is InChI=1S/C19H32N6O5S2/c1-11(23-17(27)13(20)8-12-9-21-10-22-12)16(26)24-14(4-6-31-2)18(28)25-15(19(29)30)5-7-32-3/h9-11,13-15H,4-8,20H2,1-3H3,(H,21,22)(H,23,27)(H,24,26)(H,25,28)(H,29,30). The van der Waals surface area contributed by atoms with Crippen LogP contribution in [0.3, 0.4) is 0 Å². The summed E-state index contributed by atoms with van der Waals surface area (Å²) < 4.78 is 0. The summed E-state index contributed by atoms with van der Waals surface area (Å²) in [6, 6.07) is -3.79. The predicted molar refractivity (Wildman–Crippen MR) is 125 cm³/mol. The van der Waals surface area contributed by atoms with Crippen molar-refractivity contribution >= 4 is 47.2 Å². The second kappa shape index (κ2) is 14.7. The molecule has 180 valence electrons. The number of amides is 3. The topological polar surface area (TPSA) is 179 Å². The largest absolute Gasteiger partial charge is 0.480 e. The van der Waals surface area contributed by atoms with Crippen molar-refractivity contribution in [1.29, 1.82) is 0 Å². The van der Waals surface area contributed by atoms with Gasteiger partial charge >= 0.3 is 5.97 Å². The number of carboxylic acids is 1. The maximum Gasteiger partial charge on any atom is 0.326 e. The molecule has 1 rings (SSSR count). The molecule has 13 heteroatoms. The van der Waals surface area contributed by atoms with E-state index < -0.39 is 47.9 Å². The number of nitrogens with two attached hydrogens (primary N) is 1. The van der Waals surface area contributed by atoms with Gasteiger partial charge in [-0.25, -0.2) is 9.78 Å². The fraction of sp³-hybridized carbons (Fsp3) is 0.632. The Bertz CT molecular complexity index is 749. The summed E-state index contributed by atoms with van der Waals surface area (Å²) in [4.78, 5) is 55.7. The number of thioether (sulfide) groups is 2. The molecule has 1 aromatic rings. The van der Waals surface area contributed by atoms with Crippen molar-refractivity contribution in [2.45, 2.75) is 50.4 Å². The molecule has 1 heterocycles. The monoisotopic (exact) mass is 488 g/mol. The molecule has 0 aliphatic heterocycles. The molecule has 0 spiro atoms. The van der Waals surface area contributed by atoms with Gasteiger partial charge in [0, 0.05) is 18.3 Å². The van der Waals surface area contributed by atoms with Gasteiger partial charge in [0.05, 0.1) is 12.4 Å². The van der Waals surface area contributed by atoms with Crippen molar-refractivity contribution in [3.05, 3.63) is 18.2 Å². The molecule has 3 amide bonds. The highest BCUT2D eigenvalue weighted by molar-refractivity contribution is 7.98. The third kappa shape index (κ3) is 9.92. The lowest BCUT2D eigenvalue weighted by Gasteiger charge is -2.23. The zero-order chi connectivity index (χ0) is 24.1. The van der Waals surface area contributed by atoms with E-state index in [2.05, 4.69) is 25.9 Å². The van der Waals surface area contributed by atoms with E-state index in [1.807, 2.05) is 12.5 Å². The molecule has 0 aliphatic rings. The number of carbonyl (C=O) groups is 4. The molecule has 0 saturated carbocycles. The Morgan fingerprint density at radius 2 is 1.62 bits per heavy atom. The van der Waals surface area contributed by atoms with Crippen LogP contribution < -0.4 is 21.7 Å². The zero-order valence-electron chi connectivity index (χ0n) is 18.4. The molecule has 0 aromatic carbocycles. The van der Waals surface area contributed by atoms with Crippen LogP contribution in [0.25, 0.3) is 0 Å². The SMILES string of the molecule is CSCCC(NC(=O)C(CCSC)NC(=O)C(C)NC(=O)C(N)Cc1cnc[nH]1)C(=O)O. The highest BCUT2D eigenvalue weighted by Crippen LogP contribution is 2.05. The van der Waals surface area contributed by atoms with Gasteiger partial charge in [-0.15, -0.1) is 0 Å². The molecule has 0 fully saturated rings. The van der Waals surface area contributed by atoms with E-state index in [0.717, 1.165) is 0 Å². The van der Waals surface area contributed by atoms with Crippen LogP contribution >= 0.6 is 23.5 Å². The van der Waals surface area contributed by atoms with Crippen LogP contribution in [0, 0.1) is 0 Å². The number of hydrogen-bond acceptors (Lipinski definition) is 8. The van der Waals surface area contributed by atoms with E-state index >= 15 is 0 Å². The van der Waals surface area contributed by atoms with Gasteiger partial charge in [0.1, 0.15) is 18.1 Å². The van der Waals surface area contributed by atoms with Crippen molar-refractivity contribution in [1.82, 2.24) is 25.9 Å². The molecule has 0 aliphatic carbocycles.